The molecular formula is C26H42O8. The van der Waals surface area contributed by atoms with Crippen molar-refractivity contribution in [3.8, 4) is 0 Å². The Morgan fingerprint density at radius 1 is 1.03 bits per heavy atom. The number of Topliss-reactive ketones (excluding diaryl/α,β-unsaturated/α-hetero) is 1. The molecule has 0 aliphatic carbocycles. The molecule has 194 valence electrons. The smallest absolute Gasteiger partial charge is 0.316 e. The molecule has 0 unspecified atom stereocenters. The number of aliphatic hydroxyl groups is 2. The van der Waals surface area contributed by atoms with Crippen LogP contribution in [0.2, 0.25) is 0 Å². The van der Waals surface area contributed by atoms with Gasteiger partial charge in [0.15, 0.2) is 17.9 Å². The Bertz CT molecular complexity index is 737. The fourth-order valence-electron chi connectivity index (χ4n) is 4.86. The number of allylic oxidation sites excluding steroid dienone is 1. The molecule has 0 bridgehead atoms. The molecule has 11 atom stereocenters. The Hall–Kier alpha value is -1.61. The number of hydrogen-bond acceptors (Lipinski definition) is 8. The van der Waals surface area contributed by atoms with E-state index >= 15 is 0 Å². The van der Waals surface area contributed by atoms with Crippen molar-refractivity contribution in [1.29, 1.82) is 0 Å². The van der Waals surface area contributed by atoms with E-state index in [-0.39, 0.29) is 35.7 Å². The first kappa shape index (κ1) is 28.6. The van der Waals surface area contributed by atoms with Crippen molar-refractivity contribution in [3.63, 3.8) is 0 Å². The van der Waals surface area contributed by atoms with Crippen LogP contribution in [0.3, 0.4) is 0 Å². The van der Waals surface area contributed by atoms with Gasteiger partial charge in [0, 0.05) is 24.2 Å². The molecule has 2 heterocycles. The van der Waals surface area contributed by atoms with Crippen molar-refractivity contribution in [2.75, 3.05) is 0 Å². The molecule has 2 rings (SSSR count). The van der Waals surface area contributed by atoms with E-state index in [2.05, 4.69) is 0 Å². The van der Waals surface area contributed by atoms with E-state index in [0.717, 1.165) is 0 Å². The highest BCUT2D eigenvalue weighted by Gasteiger charge is 2.41. The number of hydrogen-bond donors (Lipinski definition) is 2. The van der Waals surface area contributed by atoms with Gasteiger partial charge in [-0.05, 0) is 38.7 Å². The SMILES string of the molecule is CC[C@H]1OC(=O)[C@H](C)C(=O)[C@H](C)[C@@H](O[C@@H]2C[C@@H](O)[C@@H](O)[C@H](C)O2)[C@@H](C)C[C@@H](C)C(=O)/C=C/[C@H]1C. The molecule has 2 aliphatic rings. The van der Waals surface area contributed by atoms with E-state index in [1.807, 2.05) is 27.7 Å². The molecule has 8 heteroatoms. The standard InChI is InChI=1S/C26H42O8/c1-8-21-13(2)9-10-19(27)14(3)11-15(4)25(16(5)23(29)17(6)26(31)33-21)34-22-12-20(28)24(30)18(7)32-22/h9-10,13-18,20-22,24-25,28,30H,8,11-12H2,1-7H3/b10-9+/t13-,14-,15+,16+,17-,18+,20-,21-,22-,24+,25+/m1/s1. The number of cyclic esters (lactones) is 1. The normalized spacial score (nSPS) is 44.3. The third kappa shape index (κ3) is 6.97. The van der Waals surface area contributed by atoms with Crippen LogP contribution < -0.4 is 0 Å². The maximum atomic E-state index is 13.3. The van der Waals surface area contributed by atoms with Crippen LogP contribution in [0.4, 0.5) is 0 Å². The van der Waals surface area contributed by atoms with E-state index in [4.69, 9.17) is 14.2 Å². The van der Waals surface area contributed by atoms with Gasteiger partial charge in [-0.15, -0.1) is 0 Å². The van der Waals surface area contributed by atoms with Gasteiger partial charge in [0.25, 0.3) is 0 Å². The lowest BCUT2D eigenvalue weighted by Gasteiger charge is -2.39. The predicted octanol–water partition coefficient (Wildman–Crippen LogP) is 2.83. The molecule has 0 spiro atoms. The molecule has 2 aliphatic heterocycles. The molecule has 0 aromatic carbocycles. The van der Waals surface area contributed by atoms with Gasteiger partial charge < -0.3 is 24.4 Å². The maximum Gasteiger partial charge on any atom is 0.316 e. The zero-order valence-corrected chi connectivity index (χ0v) is 21.5. The number of ketones is 2. The Labute approximate surface area is 203 Å². The zero-order valence-electron chi connectivity index (χ0n) is 21.5. The largest absolute Gasteiger partial charge is 0.461 e. The van der Waals surface area contributed by atoms with Crippen molar-refractivity contribution in [2.24, 2.45) is 29.6 Å². The van der Waals surface area contributed by atoms with Crippen LogP contribution in [0.5, 0.6) is 0 Å². The summed E-state index contributed by atoms with van der Waals surface area (Å²) in [5.41, 5.74) is 0. The van der Waals surface area contributed by atoms with Crippen LogP contribution >= 0.6 is 0 Å². The first-order valence-corrected chi connectivity index (χ1v) is 12.5. The van der Waals surface area contributed by atoms with Crippen LogP contribution in [0.15, 0.2) is 12.2 Å². The third-order valence-corrected chi connectivity index (χ3v) is 7.30. The van der Waals surface area contributed by atoms with Gasteiger partial charge in [0.1, 0.15) is 18.1 Å². The molecule has 1 saturated heterocycles. The van der Waals surface area contributed by atoms with Crippen LogP contribution in [0.25, 0.3) is 0 Å². The lowest BCUT2D eigenvalue weighted by atomic mass is 9.81. The minimum atomic E-state index is -1.02. The lowest BCUT2D eigenvalue weighted by Crippen LogP contribution is -2.50. The van der Waals surface area contributed by atoms with E-state index < -0.39 is 54.6 Å². The Morgan fingerprint density at radius 3 is 2.26 bits per heavy atom. The fraction of sp³-hybridized carbons (Fsp3) is 0.808. The Morgan fingerprint density at radius 2 is 1.68 bits per heavy atom. The van der Waals surface area contributed by atoms with Gasteiger partial charge in [-0.25, -0.2) is 0 Å². The molecular weight excluding hydrogens is 440 g/mol. The summed E-state index contributed by atoms with van der Waals surface area (Å²) >= 11 is 0. The first-order valence-electron chi connectivity index (χ1n) is 12.5. The van der Waals surface area contributed by atoms with Gasteiger partial charge in [-0.2, -0.15) is 0 Å². The van der Waals surface area contributed by atoms with Crippen LogP contribution in [-0.2, 0) is 28.6 Å². The second kappa shape index (κ2) is 12.4. The highest BCUT2D eigenvalue weighted by molar-refractivity contribution is 6.00. The third-order valence-electron chi connectivity index (χ3n) is 7.30. The van der Waals surface area contributed by atoms with E-state index in [0.29, 0.717) is 12.8 Å². The summed E-state index contributed by atoms with van der Waals surface area (Å²) in [6.07, 6.45) is -0.174. The first-order chi connectivity index (χ1) is 15.9. The number of carbonyl (C=O) groups is 3. The van der Waals surface area contributed by atoms with E-state index in [1.54, 1.807) is 32.9 Å². The van der Waals surface area contributed by atoms with Gasteiger partial charge in [0.05, 0.1) is 18.3 Å². The Kier molecular flexibility index (Phi) is 10.4. The molecule has 1 fully saturated rings. The van der Waals surface area contributed by atoms with E-state index in [9.17, 15) is 24.6 Å². The molecule has 34 heavy (non-hydrogen) atoms. The van der Waals surface area contributed by atoms with Gasteiger partial charge in [-0.1, -0.05) is 40.7 Å². The second-order valence-electron chi connectivity index (χ2n) is 10.2. The quantitative estimate of drug-likeness (QED) is 0.466. The molecule has 0 aromatic rings. The summed E-state index contributed by atoms with van der Waals surface area (Å²) < 4.78 is 17.6. The van der Waals surface area contributed by atoms with Crippen molar-refractivity contribution in [2.45, 2.75) is 105 Å². The molecule has 0 amide bonds. The Balaban J connectivity index is 2.35. The summed E-state index contributed by atoms with van der Waals surface area (Å²) in [6, 6.07) is 0. The number of aliphatic hydroxyl groups excluding tert-OH is 2. The summed E-state index contributed by atoms with van der Waals surface area (Å²) in [5.74, 6) is -3.27. The highest BCUT2D eigenvalue weighted by atomic mass is 16.7. The molecule has 0 saturated carbocycles. The van der Waals surface area contributed by atoms with Crippen molar-refractivity contribution in [1.82, 2.24) is 0 Å². The monoisotopic (exact) mass is 482 g/mol. The van der Waals surface area contributed by atoms with Crippen molar-refractivity contribution < 1.29 is 38.8 Å². The second-order valence-corrected chi connectivity index (χ2v) is 10.2. The molecule has 0 radical (unpaired) electrons. The van der Waals surface area contributed by atoms with Gasteiger partial charge in [0.2, 0.25) is 0 Å². The van der Waals surface area contributed by atoms with Gasteiger partial charge in [-0.3, -0.25) is 14.4 Å². The van der Waals surface area contributed by atoms with Crippen LogP contribution in [0.1, 0.15) is 67.7 Å². The summed E-state index contributed by atoms with van der Waals surface area (Å²) in [7, 11) is 0. The highest BCUT2D eigenvalue weighted by Crippen LogP contribution is 2.31. The topological polar surface area (TPSA) is 119 Å². The van der Waals surface area contributed by atoms with E-state index in [1.165, 1.54) is 0 Å². The van der Waals surface area contributed by atoms with Gasteiger partial charge >= 0.3 is 5.97 Å². The minimum absolute atomic E-state index is 0.0379. The zero-order chi connectivity index (χ0) is 25.7. The molecule has 2 N–H and O–H groups in total. The van der Waals surface area contributed by atoms with Crippen LogP contribution in [-0.4, -0.2) is 64.6 Å². The fourth-order valence-corrected chi connectivity index (χ4v) is 4.86. The summed E-state index contributed by atoms with van der Waals surface area (Å²) in [5, 5.41) is 20.2. The summed E-state index contributed by atoms with van der Waals surface area (Å²) in [4.78, 5) is 38.9. The molecule has 8 nitrogen and oxygen atoms in total. The summed E-state index contributed by atoms with van der Waals surface area (Å²) in [6.45, 7) is 12.4. The average molecular weight is 483 g/mol. The van der Waals surface area contributed by atoms with Crippen molar-refractivity contribution in [3.05, 3.63) is 12.2 Å². The average Bonchev–Trinajstić information content (AvgIpc) is 2.79. The number of carbonyl (C=O) groups excluding carboxylic acids is 3. The van der Waals surface area contributed by atoms with Crippen molar-refractivity contribution >= 4 is 17.5 Å². The minimum Gasteiger partial charge on any atom is -0.461 e. The predicted molar refractivity (Wildman–Crippen MR) is 126 cm³/mol. The molecule has 0 aromatic heterocycles. The van der Waals surface area contributed by atoms with Crippen LogP contribution in [0, 0.1) is 29.6 Å². The maximum absolute atomic E-state index is 13.3. The number of esters is 1. The number of ether oxygens (including phenoxy) is 3. The lowest BCUT2D eigenvalue weighted by molar-refractivity contribution is -0.269. The number of rotatable bonds is 3.